The number of hydrogen-bond donors (Lipinski definition) is 3. The lowest BCUT2D eigenvalue weighted by Gasteiger charge is -2.23. The number of nitrogens with zero attached hydrogens (tertiary/aromatic N) is 2. The molecule has 0 saturated heterocycles. The Morgan fingerprint density at radius 2 is 2.15 bits per heavy atom. The van der Waals surface area contributed by atoms with Gasteiger partial charge in [0.05, 0.1) is 6.04 Å². The van der Waals surface area contributed by atoms with Crippen molar-refractivity contribution in [3.8, 4) is 5.88 Å². The lowest BCUT2D eigenvalue weighted by atomic mass is 9.85. The summed E-state index contributed by atoms with van der Waals surface area (Å²) >= 11 is 6.13. The molecular formula is C23H30ClF2N5O3. The predicted octanol–water partition coefficient (Wildman–Crippen LogP) is 4.03. The fourth-order valence-corrected chi connectivity index (χ4v) is 3.09. The van der Waals surface area contributed by atoms with Crippen molar-refractivity contribution in [3.05, 3.63) is 46.8 Å². The van der Waals surface area contributed by atoms with Gasteiger partial charge in [-0.25, -0.2) is 9.98 Å². The topological polar surface area (TPSA) is 119 Å². The summed E-state index contributed by atoms with van der Waals surface area (Å²) in [5.41, 5.74) is 6.04. The number of aromatic nitrogens is 1. The van der Waals surface area contributed by atoms with Gasteiger partial charge in [0.2, 0.25) is 17.7 Å². The highest BCUT2D eigenvalue weighted by Crippen LogP contribution is 2.29. The van der Waals surface area contributed by atoms with E-state index in [1.54, 1.807) is 13.0 Å². The second kappa shape index (κ2) is 11.9. The third-order valence-corrected chi connectivity index (χ3v) is 5.56. The Hall–Kier alpha value is -3.01. The number of carbonyl (C=O) groups is 2. The molecule has 1 atom stereocenters. The number of nitrogens with one attached hydrogen (secondary N) is 2. The van der Waals surface area contributed by atoms with Crippen molar-refractivity contribution in [2.45, 2.75) is 58.4 Å². The number of amides is 2. The Labute approximate surface area is 202 Å². The third kappa shape index (κ3) is 7.51. The zero-order valence-corrected chi connectivity index (χ0v) is 20.2. The SMILES string of the molecule is C=C(C)C(F)(F)COc1ncc(C(C)NC(=O)/C(=C/CC)N=C(N)NC(=O)C2CCC2)cc1Cl. The van der Waals surface area contributed by atoms with Crippen molar-refractivity contribution in [1.29, 1.82) is 0 Å². The minimum absolute atomic E-state index is 0.0152. The van der Waals surface area contributed by atoms with Gasteiger partial charge in [-0.15, -0.1) is 0 Å². The number of allylic oxidation sites excluding steroid dienone is 1. The molecule has 1 aliphatic carbocycles. The molecule has 4 N–H and O–H groups in total. The number of guanidine groups is 1. The number of nitrogens with two attached hydrogens (primary N) is 1. The van der Waals surface area contributed by atoms with Crippen LogP contribution in [0, 0.1) is 5.92 Å². The third-order valence-electron chi connectivity index (χ3n) is 5.29. The maximum absolute atomic E-state index is 13.7. The van der Waals surface area contributed by atoms with Crippen LogP contribution in [0.3, 0.4) is 0 Å². The average Bonchev–Trinajstić information content (AvgIpc) is 2.70. The van der Waals surface area contributed by atoms with E-state index < -0.39 is 24.5 Å². The zero-order chi connectivity index (χ0) is 25.5. The van der Waals surface area contributed by atoms with Gasteiger partial charge in [-0.3, -0.25) is 14.9 Å². The molecule has 8 nitrogen and oxygen atoms in total. The molecule has 0 spiro atoms. The number of alkyl halides is 2. The van der Waals surface area contributed by atoms with Crippen LogP contribution in [0.15, 0.2) is 41.2 Å². The highest BCUT2D eigenvalue weighted by molar-refractivity contribution is 6.31. The minimum Gasteiger partial charge on any atom is -0.470 e. The smallest absolute Gasteiger partial charge is 0.302 e. The van der Waals surface area contributed by atoms with Gasteiger partial charge in [-0.05, 0) is 50.3 Å². The second-order valence-corrected chi connectivity index (χ2v) is 8.54. The fraction of sp³-hybridized carbons (Fsp3) is 0.478. The zero-order valence-electron chi connectivity index (χ0n) is 19.5. The van der Waals surface area contributed by atoms with E-state index in [1.807, 2.05) is 6.92 Å². The van der Waals surface area contributed by atoms with Crippen LogP contribution in [-0.4, -0.2) is 35.3 Å². The van der Waals surface area contributed by atoms with Gasteiger partial charge in [-0.2, -0.15) is 8.78 Å². The molecule has 1 heterocycles. The number of aliphatic imine (C=N–C) groups is 1. The summed E-state index contributed by atoms with van der Waals surface area (Å²) < 4.78 is 32.4. The number of halogens is 3. The molecule has 1 saturated carbocycles. The molecule has 11 heteroatoms. The maximum Gasteiger partial charge on any atom is 0.302 e. The Morgan fingerprint density at radius 1 is 1.47 bits per heavy atom. The molecule has 186 valence electrons. The molecule has 34 heavy (non-hydrogen) atoms. The van der Waals surface area contributed by atoms with E-state index in [4.69, 9.17) is 22.1 Å². The quantitative estimate of drug-likeness (QED) is 0.195. The summed E-state index contributed by atoms with van der Waals surface area (Å²) in [6.07, 6.45) is 6.08. The van der Waals surface area contributed by atoms with Gasteiger partial charge >= 0.3 is 5.92 Å². The number of carbonyl (C=O) groups excluding carboxylic acids is 2. The minimum atomic E-state index is -3.22. The second-order valence-electron chi connectivity index (χ2n) is 8.14. The van der Waals surface area contributed by atoms with Crippen LogP contribution in [0.4, 0.5) is 8.78 Å². The lowest BCUT2D eigenvalue weighted by molar-refractivity contribution is -0.126. The van der Waals surface area contributed by atoms with Crippen LogP contribution in [0.1, 0.15) is 58.1 Å². The average molecular weight is 498 g/mol. The molecule has 0 radical (unpaired) electrons. The van der Waals surface area contributed by atoms with Gasteiger partial charge in [0.25, 0.3) is 5.91 Å². The summed E-state index contributed by atoms with van der Waals surface area (Å²) in [7, 11) is 0. The normalized spacial score (nSPS) is 15.8. The van der Waals surface area contributed by atoms with Crippen LogP contribution in [0.5, 0.6) is 5.88 Å². The molecule has 0 aliphatic heterocycles. The van der Waals surface area contributed by atoms with Gasteiger partial charge in [-0.1, -0.05) is 37.6 Å². The first-order valence-corrected chi connectivity index (χ1v) is 11.3. The van der Waals surface area contributed by atoms with E-state index >= 15 is 0 Å². The molecule has 0 bridgehead atoms. The number of pyridine rings is 1. The van der Waals surface area contributed by atoms with Crippen LogP contribution in [0.25, 0.3) is 0 Å². The molecule has 1 aromatic heterocycles. The first kappa shape index (κ1) is 27.2. The molecule has 1 aromatic rings. The number of hydrogen-bond acceptors (Lipinski definition) is 5. The Morgan fingerprint density at radius 3 is 2.68 bits per heavy atom. The molecule has 1 unspecified atom stereocenters. The monoisotopic (exact) mass is 497 g/mol. The van der Waals surface area contributed by atoms with E-state index in [2.05, 4.69) is 27.2 Å². The van der Waals surface area contributed by atoms with Crippen LogP contribution >= 0.6 is 11.6 Å². The van der Waals surface area contributed by atoms with Crippen molar-refractivity contribution in [2.75, 3.05) is 6.61 Å². The van der Waals surface area contributed by atoms with E-state index in [-0.39, 0.29) is 40.0 Å². The Balaban J connectivity index is 2.03. The Bertz CT molecular complexity index is 993. The molecule has 1 fully saturated rings. The fourth-order valence-electron chi connectivity index (χ4n) is 2.86. The summed E-state index contributed by atoms with van der Waals surface area (Å²) in [5, 5.41) is 5.29. The maximum atomic E-state index is 13.7. The number of rotatable bonds is 10. The van der Waals surface area contributed by atoms with Gasteiger partial charge in [0.15, 0.2) is 6.61 Å². The van der Waals surface area contributed by atoms with Crippen molar-refractivity contribution >= 4 is 29.4 Å². The number of ether oxygens (including phenoxy) is 1. The van der Waals surface area contributed by atoms with Crippen LogP contribution < -0.4 is 21.1 Å². The summed E-state index contributed by atoms with van der Waals surface area (Å²) in [4.78, 5) is 32.8. The van der Waals surface area contributed by atoms with E-state index in [0.717, 1.165) is 19.3 Å². The van der Waals surface area contributed by atoms with Crippen molar-refractivity contribution in [2.24, 2.45) is 16.6 Å². The van der Waals surface area contributed by atoms with E-state index in [9.17, 15) is 18.4 Å². The summed E-state index contributed by atoms with van der Waals surface area (Å²) in [6.45, 7) is 7.01. The molecule has 0 aromatic carbocycles. The van der Waals surface area contributed by atoms with E-state index in [0.29, 0.717) is 12.0 Å². The van der Waals surface area contributed by atoms with Crippen LogP contribution in [-0.2, 0) is 9.59 Å². The van der Waals surface area contributed by atoms with Crippen LogP contribution in [0.2, 0.25) is 5.02 Å². The Kier molecular flexibility index (Phi) is 9.55. The van der Waals surface area contributed by atoms with Gasteiger partial charge in [0, 0.05) is 12.1 Å². The van der Waals surface area contributed by atoms with Crippen molar-refractivity contribution in [3.63, 3.8) is 0 Å². The molecule has 2 amide bonds. The van der Waals surface area contributed by atoms with Gasteiger partial charge < -0.3 is 15.8 Å². The highest BCUT2D eigenvalue weighted by atomic mass is 35.5. The first-order chi connectivity index (χ1) is 15.9. The lowest BCUT2D eigenvalue weighted by Crippen LogP contribution is -2.42. The van der Waals surface area contributed by atoms with Crippen molar-refractivity contribution < 1.29 is 23.1 Å². The van der Waals surface area contributed by atoms with E-state index in [1.165, 1.54) is 19.2 Å². The molecule has 2 rings (SSSR count). The predicted molar refractivity (Wildman–Crippen MR) is 127 cm³/mol. The van der Waals surface area contributed by atoms with Crippen molar-refractivity contribution in [1.82, 2.24) is 15.6 Å². The standard InChI is InChI=1S/C23H30ClF2N5O3/c1-5-7-18(30-22(27)31-19(32)15-8-6-9-15)20(33)29-14(4)16-10-17(24)21(28-11-16)34-12-23(25,26)13(2)3/h7,10-11,14-15H,2,5-6,8-9,12H2,1,3-4H3,(H,29,33)(H3,27,30,31,32)/b18-7-. The summed E-state index contributed by atoms with van der Waals surface area (Å²) in [6, 6.07) is 0.914. The summed E-state index contributed by atoms with van der Waals surface area (Å²) in [5.74, 6) is -4.33. The molecular weight excluding hydrogens is 468 g/mol. The van der Waals surface area contributed by atoms with Gasteiger partial charge in [0.1, 0.15) is 10.7 Å². The molecule has 1 aliphatic rings. The first-order valence-electron chi connectivity index (χ1n) is 10.9. The highest BCUT2D eigenvalue weighted by Gasteiger charge is 2.31. The largest absolute Gasteiger partial charge is 0.470 e.